The molecular weight excluding hydrogens is 256 g/mol. The van der Waals surface area contributed by atoms with Crippen molar-refractivity contribution in [1.29, 1.82) is 0 Å². The highest BCUT2D eigenvalue weighted by Crippen LogP contribution is 2.19. The van der Waals surface area contributed by atoms with Gasteiger partial charge < -0.3 is 10.4 Å². The van der Waals surface area contributed by atoms with Crippen LogP contribution < -0.4 is 5.32 Å². The van der Waals surface area contributed by atoms with Crippen LogP contribution in [0.1, 0.15) is 20.1 Å². The molecule has 0 aliphatic heterocycles. The highest BCUT2D eigenvalue weighted by Gasteiger charge is 2.08. The second kappa shape index (κ2) is 5.29. The minimum absolute atomic E-state index is 0.264. The van der Waals surface area contributed by atoms with Crippen molar-refractivity contribution < 1.29 is 9.90 Å². The van der Waals surface area contributed by atoms with Gasteiger partial charge in [0.15, 0.2) is 5.13 Å². The predicted molar refractivity (Wildman–Crippen MR) is 70.3 cm³/mol. The van der Waals surface area contributed by atoms with Crippen molar-refractivity contribution in [3.8, 4) is 0 Å². The van der Waals surface area contributed by atoms with Gasteiger partial charge in [-0.25, -0.2) is 9.78 Å². The second-order valence-corrected chi connectivity index (χ2v) is 5.57. The normalized spacial score (nSPS) is 10.4. The molecular formula is C11H12N2O2S2. The number of nitrogens with zero attached hydrogens (tertiary/aromatic N) is 1. The van der Waals surface area contributed by atoms with Crippen LogP contribution in [0, 0.1) is 6.92 Å². The van der Waals surface area contributed by atoms with Gasteiger partial charge in [-0.3, -0.25) is 0 Å². The molecule has 2 aromatic rings. The van der Waals surface area contributed by atoms with Crippen LogP contribution in [0.25, 0.3) is 0 Å². The first kappa shape index (κ1) is 12.1. The van der Waals surface area contributed by atoms with E-state index in [1.807, 2.05) is 0 Å². The van der Waals surface area contributed by atoms with E-state index in [0.717, 1.165) is 24.3 Å². The summed E-state index contributed by atoms with van der Waals surface area (Å²) >= 11 is 2.91. The van der Waals surface area contributed by atoms with E-state index in [0.29, 0.717) is 5.13 Å². The van der Waals surface area contributed by atoms with Gasteiger partial charge in [0.25, 0.3) is 0 Å². The maximum absolute atomic E-state index is 10.7. The van der Waals surface area contributed by atoms with Crippen molar-refractivity contribution in [3.63, 3.8) is 0 Å². The number of carbonyl (C=O) groups is 1. The molecule has 2 N–H and O–H groups in total. The molecule has 0 aliphatic carbocycles. The zero-order valence-electron chi connectivity index (χ0n) is 9.27. The number of hydrogen-bond donors (Lipinski definition) is 2. The molecule has 0 saturated heterocycles. The molecule has 0 aromatic carbocycles. The summed E-state index contributed by atoms with van der Waals surface area (Å²) in [6.07, 6.45) is 2.32. The molecule has 0 fully saturated rings. The van der Waals surface area contributed by atoms with Gasteiger partial charge in [-0.2, -0.15) is 0 Å². The molecule has 0 amide bonds. The zero-order chi connectivity index (χ0) is 12.3. The molecule has 2 aromatic heterocycles. The van der Waals surface area contributed by atoms with Crippen LogP contribution in [0.3, 0.4) is 0 Å². The Balaban J connectivity index is 1.86. The summed E-state index contributed by atoms with van der Waals surface area (Å²) in [4.78, 5) is 16.3. The average molecular weight is 268 g/mol. The molecule has 6 heteroatoms. The molecule has 0 saturated carbocycles. The van der Waals surface area contributed by atoms with Crippen molar-refractivity contribution in [2.45, 2.75) is 13.3 Å². The minimum Gasteiger partial charge on any atom is -0.477 e. The van der Waals surface area contributed by atoms with Crippen molar-refractivity contribution in [1.82, 2.24) is 4.98 Å². The van der Waals surface area contributed by atoms with Crippen LogP contribution in [0.2, 0.25) is 0 Å². The molecule has 0 bridgehead atoms. The Bertz CT molecular complexity index is 519. The van der Waals surface area contributed by atoms with Gasteiger partial charge in [0.1, 0.15) is 4.88 Å². The van der Waals surface area contributed by atoms with E-state index in [1.165, 1.54) is 16.6 Å². The number of hydrogen-bond acceptors (Lipinski definition) is 5. The lowest BCUT2D eigenvalue weighted by Gasteiger charge is -2.01. The fourth-order valence-corrected chi connectivity index (χ4v) is 2.99. The highest BCUT2D eigenvalue weighted by atomic mass is 32.1. The highest BCUT2D eigenvalue weighted by molar-refractivity contribution is 7.17. The molecule has 0 aliphatic rings. The number of aromatic carboxylic acids is 1. The lowest BCUT2D eigenvalue weighted by atomic mass is 10.2. The number of rotatable bonds is 5. The van der Waals surface area contributed by atoms with Gasteiger partial charge in [0.05, 0.1) is 6.20 Å². The molecule has 4 nitrogen and oxygen atoms in total. The molecule has 0 radical (unpaired) electrons. The number of carboxylic acid groups (broad SMARTS) is 1. The molecule has 0 unspecified atom stereocenters. The first-order chi connectivity index (χ1) is 8.16. The summed E-state index contributed by atoms with van der Waals surface area (Å²) in [6.45, 7) is 2.87. The van der Waals surface area contributed by atoms with Crippen molar-refractivity contribution in [2.24, 2.45) is 0 Å². The summed E-state index contributed by atoms with van der Waals surface area (Å²) in [5.74, 6) is -0.926. The van der Waals surface area contributed by atoms with E-state index in [1.54, 1.807) is 11.3 Å². The number of aryl methyl sites for hydroxylation is 1. The molecule has 2 rings (SSSR count). The quantitative estimate of drug-likeness (QED) is 0.875. The third kappa shape index (κ3) is 3.04. The summed E-state index contributed by atoms with van der Waals surface area (Å²) in [5, 5.41) is 14.6. The smallest absolute Gasteiger partial charge is 0.347 e. The van der Waals surface area contributed by atoms with Crippen molar-refractivity contribution in [2.75, 3.05) is 11.9 Å². The molecule has 0 spiro atoms. The maximum Gasteiger partial charge on any atom is 0.347 e. The Morgan fingerprint density at radius 3 is 3.00 bits per heavy atom. The Labute approximate surface area is 107 Å². The topological polar surface area (TPSA) is 62.2 Å². The molecule has 17 heavy (non-hydrogen) atoms. The van der Waals surface area contributed by atoms with Gasteiger partial charge in [-0.15, -0.1) is 11.3 Å². The largest absolute Gasteiger partial charge is 0.477 e. The number of thiazole rings is 1. The van der Waals surface area contributed by atoms with Crippen LogP contribution in [-0.2, 0) is 6.42 Å². The van der Waals surface area contributed by atoms with E-state index in [2.05, 4.69) is 28.7 Å². The van der Waals surface area contributed by atoms with E-state index in [9.17, 15) is 4.79 Å². The minimum atomic E-state index is -0.926. The number of anilines is 1. The molecule has 0 atom stereocenters. The predicted octanol–water partition coefficient (Wildman–Crippen LogP) is 2.87. The van der Waals surface area contributed by atoms with Gasteiger partial charge in [-0.1, -0.05) is 11.3 Å². The van der Waals surface area contributed by atoms with Crippen molar-refractivity contribution >= 4 is 33.8 Å². The van der Waals surface area contributed by atoms with Crippen LogP contribution >= 0.6 is 22.7 Å². The summed E-state index contributed by atoms with van der Waals surface area (Å²) in [5.41, 5.74) is 1.31. The Hall–Kier alpha value is -1.40. The molecule has 2 heterocycles. The second-order valence-electron chi connectivity index (χ2n) is 3.54. The van der Waals surface area contributed by atoms with E-state index in [-0.39, 0.29) is 4.88 Å². The summed E-state index contributed by atoms with van der Waals surface area (Å²) in [7, 11) is 0. The third-order valence-electron chi connectivity index (χ3n) is 2.31. The van der Waals surface area contributed by atoms with E-state index < -0.39 is 5.97 Å². The van der Waals surface area contributed by atoms with Crippen molar-refractivity contribution in [3.05, 3.63) is 33.0 Å². The van der Waals surface area contributed by atoms with Crippen LogP contribution in [-0.4, -0.2) is 22.6 Å². The average Bonchev–Trinajstić information content (AvgIpc) is 2.89. The SMILES string of the molecule is Cc1ccsc1CCNc1ncc(C(=O)O)s1. The fourth-order valence-electron chi connectivity index (χ4n) is 1.40. The monoisotopic (exact) mass is 268 g/mol. The fraction of sp³-hybridized carbons (Fsp3) is 0.273. The van der Waals surface area contributed by atoms with Gasteiger partial charge in [0, 0.05) is 11.4 Å². The number of nitrogens with one attached hydrogen (secondary N) is 1. The van der Waals surface area contributed by atoms with Crippen LogP contribution in [0.15, 0.2) is 17.6 Å². The first-order valence-electron chi connectivity index (χ1n) is 5.13. The van der Waals surface area contributed by atoms with E-state index >= 15 is 0 Å². The zero-order valence-corrected chi connectivity index (χ0v) is 10.9. The summed E-state index contributed by atoms with van der Waals surface area (Å²) in [6, 6.07) is 2.10. The Morgan fingerprint density at radius 2 is 2.41 bits per heavy atom. The van der Waals surface area contributed by atoms with Gasteiger partial charge in [0.2, 0.25) is 0 Å². The van der Waals surface area contributed by atoms with Gasteiger partial charge in [-0.05, 0) is 30.4 Å². The standard InChI is InChI=1S/C11H12N2O2S2/c1-7-3-5-16-8(7)2-4-12-11-13-6-9(17-11)10(14)15/h3,5-6H,2,4H2,1H3,(H,12,13)(H,14,15). The van der Waals surface area contributed by atoms with E-state index in [4.69, 9.17) is 5.11 Å². The number of carboxylic acids is 1. The Kier molecular flexibility index (Phi) is 3.75. The lowest BCUT2D eigenvalue weighted by molar-refractivity contribution is 0.0702. The van der Waals surface area contributed by atoms with Crippen LogP contribution in [0.4, 0.5) is 5.13 Å². The third-order valence-corrected chi connectivity index (χ3v) is 4.34. The Morgan fingerprint density at radius 1 is 1.59 bits per heavy atom. The van der Waals surface area contributed by atoms with Crippen LogP contribution in [0.5, 0.6) is 0 Å². The number of aromatic nitrogens is 1. The maximum atomic E-state index is 10.7. The molecule has 90 valence electrons. The van der Waals surface area contributed by atoms with Gasteiger partial charge >= 0.3 is 5.97 Å². The first-order valence-corrected chi connectivity index (χ1v) is 6.82. The lowest BCUT2D eigenvalue weighted by Crippen LogP contribution is -2.03. The summed E-state index contributed by atoms with van der Waals surface area (Å²) < 4.78 is 0. The number of thiophene rings is 1.